The number of carbonyl (C=O) groups excluding carboxylic acids is 2. The largest absolute Gasteiger partial charge is 0.507 e. The van der Waals surface area contributed by atoms with Crippen molar-refractivity contribution in [3.05, 3.63) is 84.0 Å². The second-order valence-corrected chi connectivity index (χ2v) is 6.87. The van der Waals surface area contributed by atoms with Gasteiger partial charge in [0.25, 0.3) is 11.7 Å². The molecule has 1 amide bonds. The van der Waals surface area contributed by atoms with E-state index >= 15 is 0 Å². The van der Waals surface area contributed by atoms with Gasteiger partial charge in [-0.25, -0.2) is 0 Å². The molecule has 6 heteroatoms. The number of likely N-dealkylation sites (tertiary alicyclic amines) is 1. The van der Waals surface area contributed by atoms with Crippen LogP contribution in [0.25, 0.3) is 5.76 Å². The maximum absolute atomic E-state index is 12.9. The number of aliphatic hydroxyl groups is 1. The van der Waals surface area contributed by atoms with Gasteiger partial charge in [-0.1, -0.05) is 55.1 Å². The van der Waals surface area contributed by atoms with E-state index in [1.807, 2.05) is 6.07 Å². The lowest BCUT2D eigenvalue weighted by Gasteiger charge is -2.25. The van der Waals surface area contributed by atoms with E-state index in [1.54, 1.807) is 61.7 Å². The average molecular weight is 407 g/mol. The molecular formula is C24H25NO5. The van der Waals surface area contributed by atoms with Gasteiger partial charge in [0.05, 0.1) is 11.6 Å². The molecule has 1 atom stereocenters. The van der Waals surface area contributed by atoms with Crippen LogP contribution in [-0.2, 0) is 14.3 Å². The first-order chi connectivity index (χ1) is 14.6. The number of aliphatic hydroxyl groups excluding tert-OH is 1. The molecule has 1 heterocycles. The third-order valence-corrected chi connectivity index (χ3v) is 4.90. The third-order valence-electron chi connectivity index (χ3n) is 4.90. The van der Waals surface area contributed by atoms with E-state index < -0.39 is 17.7 Å². The molecule has 1 aliphatic heterocycles. The Morgan fingerprint density at radius 2 is 1.83 bits per heavy atom. The Hall–Kier alpha value is -3.38. The molecule has 2 aromatic rings. The van der Waals surface area contributed by atoms with Crippen molar-refractivity contribution in [3.63, 3.8) is 0 Å². The van der Waals surface area contributed by atoms with E-state index in [4.69, 9.17) is 9.47 Å². The van der Waals surface area contributed by atoms with Gasteiger partial charge in [-0.15, -0.1) is 0 Å². The highest BCUT2D eigenvalue weighted by molar-refractivity contribution is 6.46. The first kappa shape index (κ1) is 21.3. The molecule has 0 saturated carbocycles. The van der Waals surface area contributed by atoms with Crippen molar-refractivity contribution in [1.82, 2.24) is 4.90 Å². The normalized spacial score (nSPS) is 17.9. The molecule has 156 valence electrons. The summed E-state index contributed by atoms with van der Waals surface area (Å²) in [5.74, 6) is -0.843. The minimum Gasteiger partial charge on any atom is -0.507 e. The number of hydrogen-bond donors (Lipinski definition) is 1. The zero-order chi connectivity index (χ0) is 21.5. The van der Waals surface area contributed by atoms with Crippen LogP contribution in [0.4, 0.5) is 0 Å². The van der Waals surface area contributed by atoms with Crippen molar-refractivity contribution in [3.8, 4) is 5.75 Å². The van der Waals surface area contributed by atoms with E-state index in [0.29, 0.717) is 37.5 Å². The van der Waals surface area contributed by atoms with E-state index in [9.17, 15) is 14.7 Å². The topological polar surface area (TPSA) is 76.1 Å². The minimum absolute atomic E-state index is 0.0865. The second kappa shape index (κ2) is 9.89. The minimum atomic E-state index is -0.689. The Kier molecular flexibility index (Phi) is 7.03. The quantitative estimate of drug-likeness (QED) is 0.225. The number of hydrogen-bond acceptors (Lipinski definition) is 5. The van der Waals surface area contributed by atoms with Crippen LogP contribution in [-0.4, -0.2) is 48.6 Å². The molecule has 0 aromatic heterocycles. The summed E-state index contributed by atoms with van der Waals surface area (Å²) >= 11 is 0. The Bertz CT molecular complexity index is 934. The maximum Gasteiger partial charge on any atom is 0.295 e. The van der Waals surface area contributed by atoms with Crippen LogP contribution in [0.1, 0.15) is 23.6 Å². The van der Waals surface area contributed by atoms with Gasteiger partial charge in [0.15, 0.2) is 0 Å². The van der Waals surface area contributed by atoms with Gasteiger partial charge in [0.2, 0.25) is 0 Å². The van der Waals surface area contributed by atoms with E-state index in [0.717, 1.165) is 5.56 Å². The molecule has 2 aromatic carbocycles. The molecule has 1 fully saturated rings. The summed E-state index contributed by atoms with van der Waals surface area (Å²) in [5, 5.41) is 10.9. The highest BCUT2D eigenvalue weighted by atomic mass is 16.5. The van der Waals surface area contributed by atoms with Crippen molar-refractivity contribution in [2.24, 2.45) is 0 Å². The summed E-state index contributed by atoms with van der Waals surface area (Å²) in [5.41, 5.74) is 1.29. The van der Waals surface area contributed by atoms with E-state index in [2.05, 4.69) is 6.58 Å². The summed E-state index contributed by atoms with van der Waals surface area (Å²) in [6, 6.07) is 15.2. The summed E-state index contributed by atoms with van der Waals surface area (Å²) in [7, 11) is 1.59. The molecule has 1 saturated heterocycles. The number of rotatable bonds is 9. The highest BCUT2D eigenvalue weighted by Crippen LogP contribution is 2.39. The lowest BCUT2D eigenvalue weighted by Crippen LogP contribution is -2.31. The number of ketones is 1. The Morgan fingerprint density at radius 1 is 1.13 bits per heavy atom. The van der Waals surface area contributed by atoms with Gasteiger partial charge >= 0.3 is 0 Å². The summed E-state index contributed by atoms with van der Waals surface area (Å²) in [6.07, 6.45) is 2.23. The average Bonchev–Trinajstić information content (AvgIpc) is 3.03. The first-order valence-corrected chi connectivity index (χ1v) is 9.75. The fraction of sp³-hybridized carbons (Fsp3) is 0.250. The number of benzene rings is 2. The van der Waals surface area contributed by atoms with Crippen molar-refractivity contribution >= 4 is 17.4 Å². The Balaban J connectivity index is 2.04. The predicted molar refractivity (Wildman–Crippen MR) is 114 cm³/mol. The standard InChI is InChI=1S/C24H25NO5/c1-3-15-30-19-12-10-17(11-13-19)21-20(22(26)18-8-5-4-6-9-18)23(27)24(28)25(21)14-7-16-29-2/h3-6,8-13,21,26H,1,7,14-16H2,2H3/b22-20+/t21-/m1/s1. The number of amides is 1. The van der Waals surface area contributed by atoms with Gasteiger partial charge < -0.3 is 19.5 Å². The monoisotopic (exact) mass is 407 g/mol. The van der Waals surface area contributed by atoms with E-state index in [1.165, 1.54) is 4.90 Å². The smallest absolute Gasteiger partial charge is 0.295 e. The molecule has 1 aliphatic rings. The fourth-order valence-corrected chi connectivity index (χ4v) is 3.49. The zero-order valence-corrected chi connectivity index (χ0v) is 16.9. The third kappa shape index (κ3) is 4.44. The SMILES string of the molecule is C=CCOc1ccc([C@@H]2/C(=C(\O)c3ccccc3)C(=O)C(=O)N2CCCOC)cc1. The second-order valence-electron chi connectivity index (χ2n) is 6.87. The van der Waals surface area contributed by atoms with Gasteiger partial charge in [-0.2, -0.15) is 0 Å². The number of nitrogens with zero attached hydrogens (tertiary/aromatic N) is 1. The molecule has 3 rings (SSSR count). The molecule has 0 spiro atoms. The lowest BCUT2D eigenvalue weighted by atomic mass is 9.95. The molecule has 0 radical (unpaired) electrons. The zero-order valence-electron chi connectivity index (χ0n) is 16.9. The van der Waals surface area contributed by atoms with Gasteiger partial charge in [-0.3, -0.25) is 9.59 Å². The van der Waals surface area contributed by atoms with Crippen LogP contribution < -0.4 is 4.74 Å². The van der Waals surface area contributed by atoms with Crippen LogP contribution in [0.5, 0.6) is 5.75 Å². The molecular weight excluding hydrogens is 382 g/mol. The first-order valence-electron chi connectivity index (χ1n) is 9.75. The fourth-order valence-electron chi connectivity index (χ4n) is 3.49. The van der Waals surface area contributed by atoms with Crippen LogP contribution in [0.3, 0.4) is 0 Å². The van der Waals surface area contributed by atoms with Gasteiger partial charge in [-0.05, 0) is 24.1 Å². The molecule has 30 heavy (non-hydrogen) atoms. The summed E-state index contributed by atoms with van der Waals surface area (Å²) < 4.78 is 10.6. The highest BCUT2D eigenvalue weighted by Gasteiger charge is 2.45. The lowest BCUT2D eigenvalue weighted by molar-refractivity contribution is -0.140. The van der Waals surface area contributed by atoms with Crippen LogP contribution in [0.15, 0.2) is 72.8 Å². The molecule has 1 N–H and O–H groups in total. The summed E-state index contributed by atoms with van der Waals surface area (Å²) in [6.45, 7) is 4.80. The molecule has 0 aliphatic carbocycles. The number of methoxy groups -OCH3 is 1. The van der Waals surface area contributed by atoms with Crippen molar-refractivity contribution in [2.45, 2.75) is 12.5 Å². The number of Topliss-reactive ketones (excluding diaryl/α,β-unsaturated/α-hetero) is 1. The van der Waals surface area contributed by atoms with Crippen molar-refractivity contribution < 1.29 is 24.2 Å². The number of carbonyl (C=O) groups is 2. The maximum atomic E-state index is 12.9. The molecule has 0 unspecified atom stereocenters. The van der Waals surface area contributed by atoms with Crippen LogP contribution >= 0.6 is 0 Å². The molecule has 0 bridgehead atoms. The van der Waals surface area contributed by atoms with Crippen LogP contribution in [0.2, 0.25) is 0 Å². The Labute approximate surface area is 176 Å². The van der Waals surface area contributed by atoms with Crippen molar-refractivity contribution in [1.29, 1.82) is 0 Å². The summed E-state index contributed by atoms with van der Waals surface area (Å²) in [4.78, 5) is 27.2. The number of ether oxygens (including phenoxy) is 2. The Morgan fingerprint density at radius 3 is 2.47 bits per heavy atom. The van der Waals surface area contributed by atoms with Crippen molar-refractivity contribution in [2.75, 3.05) is 26.9 Å². The van der Waals surface area contributed by atoms with Gasteiger partial charge in [0.1, 0.15) is 18.1 Å². The van der Waals surface area contributed by atoms with Crippen LogP contribution in [0, 0.1) is 0 Å². The van der Waals surface area contributed by atoms with Gasteiger partial charge in [0, 0.05) is 25.8 Å². The predicted octanol–water partition coefficient (Wildman–Crippen LogP) is 3.71. The van der Waals surface area contributed by atoms with E-state index in [-0.39, 0.29) is 11.3 Å². The molecule has 6 nitrogen and oxygen atoms in total.